The monoisotopic (exact) mass is 478 g/mol. The van der Waals surface area contributed by atoms with Crippen LogP contribution < -0.4 is 10.1 Å². The SMILES string of the molecule is CCOC(=O)CCc1ccc(Oc2ccc(NC(COC)C(=O)OCc3ccccc3)cn2)cc1. The van der Waals surface area contributed by atoms with Crippen LogP contribution in [0.2, 0.25) is 0 Å². The average Bonchev–Trinajstić information content (AvgIpc) is 2.88. The van der Waals surface area contributed by atoms with E-state index in [4.69, 9.17) is 18.9 Å². The summed E-state index contributed by atoms with van der Waals surface area (Å²) in [6.07, 6.45) is 2.53. The van der Waals surface area contributed by atoms with Crippen LogP contribution in [0, 0.1) is 0 Å². The number of aromatic nitrogens is 1. The highest BCUT2D eigenvalue weighted by Crippen LogP contribution is 2.22. The number of nitrogens with zero attached hydrogens (tertiary/aromatic N) is 1. The van der Waals surface area contributed by atoms with Crippen molar-refractivity contribution in [3.63, 3.8) is 0 Å². The summed E-state index contributed by atoms with van der Waals surface area (Å²) < 4.78 is 21.3. The quantitative estimate of drug-likeness (QED) is 0.358. The van der Waals surface area contributed by atoms with E-state index in [1.807, 2.05) is 54.6 Å². The molecule has 0 aliphatic carbocycles. The Balaban J connectivity index is 1.51. The second-order valence-corrected chi connectivity index (χ2v) is 7.68. The Kier molecular flexibility index (Phi) is 10.1. The van der Waals surface area contributed by atoms with Gasteiger partial charge in [-0.25, -0.2) is 9.78 Å². The lowest BCUT2D eigenvalue weighted by atomic mass is 10.1. The molecule has 0 saturated carbocycles. The first-order valence-electron chi connectivity index (χ1n) is 11.4. The minimum Gasteiger partial charge on any atom is -0.466 e. The third-order valence-electron chi connectivity index (χ3n) is 4.99. The number of esters is 2. The predicted octanol–water partition coefficient (Wildman–Crippen LogP) is 4.54. The number of carbonyl (C=O) groups excluding carboxylic acids is 2. The van der Waals surface area contributed by atoms with Crippen LogP contribution in [-0.4, -0.2) is 43.3 Å². The van der Waals surface area contributed by atoms with E-state index in [9.17, 15) is 9.59 Å². The topological polar surface area (TPSA) is 96.0 Å². The number of pyridine rings is 1. The molecule has 1 atom stereocenters. The van der Waals surface area contributed by atoms with Crippen molar-refractivity contribution in [2.75, 3.05) is 25.6 Å². The van der Waals surface area contributed by atoms with Crippen LogP contribution in [0.15, 0.2) is 72.9 Å². The molecule has 1 aromatic heterocycles. The molecule has 3 aromatic rings. The number of methoxy groups -OCH3 is 1. The Morgan fingerprint density at radius 3 is 2.37 bits per heavy atom. The molecule has 0 fully saturated rings. The van der Waals surface area contributed by atoms with E-state index < -0.39 is 12.0 Å². The van der Waals surface area contributed by atoms with Crippen molar-refractivity contribution < 1.29 is 28.5 Å². The maximum absolute atomic E-state index is 12.5. The van der Waals surface area contributed by atoms with Gasteiger partial charge in [0.25, 0.3) is 0 Å². The molecule has 3 rings (SSSR count). The van der Waals surface area contributed by atoms with Gasteiger partial charge in [0, 0.05) is 19.6 Å². The lowest BCUT2D eigenvalue weighted by Gasteiger charge is -2.18. The second kappa shape index (κ2) is 13.7. The fourth-order valence-corrected chi connectivity index (χ4v) is 3.22. The molecule has 2 aromatic carbocycles. The van der Waals surface area contributed by atoms with Crippen molar-refractivity contribution >= 4 is 17.6 Å². The van der Waals surface area contributed by atoms with Gasteiger partial charge >= 0.3 is 11.9 Å². The van der Waals surface area contributed by atoms with Crippen LogP contribution in [0.25, 0.3) is 0 Å². The van der Waals surface area contributed by atoms with E-state index in [1.54, 1.807) is 25.3 Å². The number of hydrogen-bond acceptors (Lipinski definition) is 8. The summed E-state index contributed by atoms with van der Waals surface area (Å²) in [5.74, 6) is 0.409. The van der Waals surface area contributed by atoms with Crippen molar-refractivity contribution in [1.82, 2.24) is 4.98 Å². The normalized spacial score (nSPS) is 11.4. The zero-order chi connectivity index (χ0) is 24.9. The van der Waals surface area contributed by atoms with E-state index in [-0.39, 0.29) is 19.2 Å². The lowest BCUT2D eigenvalue weighted by Crippen LogP contribution is -2.35. The maximum Gasteiger partial charge on any atom is 0.331 e. The first-order valence-corrected chi connectivity index (χ1v) is 11.4. The smallest absolute Gasteiger partial charge is 0.331 e. The molecule has 1 heterocycles. The van der Waals surface area contributed by atoms with Gasteiger partial charge in [-0.1, -0.05) is 42.5 Å². The van der Waals surface area contributed by atoms with Gasteiger partial charge in [-0.2, -0.15) is 0 Å². The molecule has 1 N–H and O–H groups in total. The molecule has 0 amide bonds. The number of anilines is 1. The van der Waals surface area contributed by atoms with Gasteiger partial charge < -0.3 is 24.3 Å². The molecule has 0 radical (unpaired) electrons. The Labute approximate surface area is 205 Å². The van der Waals surface area contributed by atoms with Gasteiger partial charge in [-0.15, -0.1) is 0 Å². The van der Waals surface area contributed by atoms with Crippen molar-refractivity contribution in [1.29, 1.82) is 0 Å². The third-order valence-corrected chi connectivity index (χ3v) is 4.99. The Morgan fingerprint density at radius 2 is 1.71 bits per heavy atom. The molecule has 1 unspecified atom stereocenters. The average molecular weight is 479 g/mol. The van der Waals surface area contributed by atoms with E-state index in [0.717, 1.165) is 11.1 Å². The standard InChI is InChI=1S/C27H30N2O6/c1-3-33-26(30)16-11-20-9-13-23(14-10-20)35-25-15-12-22(17-28-25)29-24(19-32-2)27(31)34-18-21-7-5-4-6-8-21/h4-10,12-15,17,24,29H,3,11,16,18-19H2,1-2H3. The molecule has 0 bridgehead atoms. The van der Waals surface area contributed by atoms with Gasteiger partial charge in [0.2, 0.25) is 5.88 Å². The van der Waals surface area contributed by atoms with Crippen molar-refractivity contribution in [3.8, 4) is 11.6 Å². The highest BCUT2D eigenvalue weighted by atomic mass is 16.5. The summed E-state index contributed by atoms with van der Waals surface area (Å²) in [6.45, 7) is 2.51. The van der Waals surface area contributed by atoms with Gasteiger partial charge in [0.1, 0.15) is 18.4 Å². The number of benzene rings is 2. The molecule has 0 aliphatic rings. The van der Waals surface area contributed by atoms with E-state index >= 15 is 0 Å². The third kappa shape index (κ3) is 8.75. The molecule has 8 heteroatoms. The highest BCUT2D eigenvalue weighted by molar-refractivity contribution is 5.79. The summed E-state index contributed by atoms with van der Waals surface area (Å²) in [6, 6.07) is 19.7. The van der Waals surface area contributed by atoms with Crippen LogP contribution in [-0.2, 0) is 36.8 Å². The van der Waals surface area contributed by atoms with Crippen LogP contribution in [0.1, 0.15) is 24.5 Å². The van der Waals surface area contributed by atoms with Crippen LogP contribution in [0.5, 0.6) is 11.6 Å². The Hall–Kier alpha value is -3.91. The fraction of sp³-hybridized carbons (Fsp3) is 0.296. The van der Waals surface area contributed by atoms with E-state index in [0.29, 0.717) is 36.8 Å². The molecule has 0 aliphatic heterocycles. The second-order valence-electron chi connectivity index (χ2n) is 7.68. The zero-order valence-corrected chi connectivity index (χ0v) is 19.9. The number of hydrogen-bond donors (Lipinski definition) is 1. The van der Waals surface area contributed by atoms with Crippen molar-refractivity contribution in [2.24, 2.45) is 0 Å². The number of nitrogens with one attached hydrogen (secondary N) is 1. The fourth-order valence-electron chi connectivity index (χ4n) is 3.22. The lowest BCUT2D eigenvalue weighted by molar-refractivity contribution is -0.147. The summed E-state index contributed by atoms with van der Waals surface area (Å²) in [4.78, 5) is 28.3. The minimum atomic E-state index is -0.681. The van der Waals surface area contributed by atoms with Gasteiger partial charge in [0.15, 0.2) is 0 Å². The molecule has 0 spiro atoms. The zero-order valence-electron chi connectivity index (χ0n) is 19.9. The number of carbonyl (C=O) groups is 2. The number of ether oxygens (including phenoxy) is 4. The number of rotatable bonds is 13. The van der Waals surface area contributed by atoms with Gasteiger partial charge in [0.05, 0.1) is 25.1 Å². The molecule has 8 nitrogen and oxygen atoms in total. The molecular formula is C27H30N2O6. The van der Waals surface area contributed by atoms with E-state index in [2.05, 4.69) is 10.3 Å². The van der Waals surface area contributed by atoms with Crippen LogP contribution in [0.3, 0.4) is 0 Å². The van der Waals surface area contributed by atoms with E-state index in [1.165, 1.54) is 7.11 Å². The Morgan fingerprint density at radius 1 is 0.943 bits per heavy atom. The highest BCUT2D eigenvalue weighted by Gasteiger charge is 2.20. The molecule has 184 valence electrons. The molecule has 0 saturated heterocycles. The predicted molar refractivity (Wildman–Crippen MR) is 131 cm³/mol. The minimum absolute atomic E-state index is 0.147. The van der Waals surface area contributed by atoms with Crippen LogP contribution in [0.4, 0.5) is 5.69 Å². The maximum atomic E-state index is 12.5. The summed E-state index contributed by atoms with van der Waals surface area (Å²) in [5.41, 5.74) is 2.55. The molecule has 35 heavy (non-hydrogen) atoms. The Bertz CT molecular complexity index is 1060. The summed E-state index contributed by atoms with van der Waals surface area (Å²) >= 11 is 0. The summed E-state index contributed by atoms with van der Waals surface area (Å²) in [7, 11) is 1.52. The van der Waals surface area contributed by atoms with Crippen LogP contribution >= 0.6 is 0 Å². The van der Waals surface area contributed by atoms with Crippen molar-refractivity contribution in [3.05, 3.63) is 84.1 Å². The van der Waals surface area contributed by atoms with Gasteiger partial charge in [-0.05, 0) is 42.7 Å². The first kappa shape index (κ1) is 25.7. The molecular weight excluding hydrogens is 448 g/mol. The number of aryl methyl sites for hydroxylation is 1. The van der Waals surface area contributed by atoms with Crippen molar-refractivity contribution in [2.45, 2.75) is 32.4 Å². The first-order chi connectivity index (χ1) is 17.1. The summed E-state index contributed by atoms with van der Waals surface area (Å²) in [5, 5.41) is 3.09. The van der Waals surface area contributed by atoms with Gasteiger partial charge in [-0.3, -0.25) is 4.79 Å². The largest absolute Gasteiger partial charge is 0.466 e.